The van der Waals surface area contributed by atoms with Gasteiger partial charge >= 0.3 is 0 Å². The molecule has 3 heteroatoms. The van der Waals surface area contributed by atoms with Crippen LogP contribution in [0.1, 0.15) is 5.56 Å². The van der Waals surface area contributed by atoms with Crippen molar-refractivity contribution in [3.8, 4) is 0 Å². The van der Waals surface area contributed by atoms with Gasteiger partial charge in [0.1, 0.15) is 0 Å². The molecule has 0 radical (unpaired) electrons. The van der Waals surface area contributed by atoms with Crippen molar-refractivity contribution in [2.75, 3.05) is 0 Å². The van der Waals surface area contributed by atoms with Gasteiger partial charge in [-0.15, -0.1) is 9.24 Å². The zero-order valence-corrected chi connectivity index (χ0v) is 14.7. The van der Waals surface area contributed by atoms with Crippen molar-refractivity contribution in [2.45, 2.75) is 45.4 Å². The summed E-state index contributed by atoms with van der Waals surface area (Å²) >= 11 is 0. The maximum atomic E-state index is 2.92. The van der Waals surface area contributed by atoms with Crippen LogP contribution < -0.4 is 10.4 Å². The second-order valence-electron chi connectivity index (χ2n) is 6.54. The summed E-state index contributed by atoms with van der Waals surface area (Å²) in [6.45, 7) is 14.7. The molecule has 0 fully saturated rings. The number of hydrogen-bond donors (Lipinski definition) is 0. The SMILES string of the molecule is C[Si](C)(C)c1cccc([Si](C)(C)C)c1CP. The zero-order chi connectivity index (χ0) is 12.6. The van der Waals surface area contributed by atoms with E-state index in [1.165, 1.54) is 0 Å². The largest absolute Gasteiger partial charge is 0.133 e. The topological polar surface area (TPSA) is 0 Å². The molecule has 0 spiro atoms. The van der Waals surface area contributed by atoms with Gasteiger partial charge in [0.2, 0.25) is 0 Å². The molecule has 0 aromatic heterocycles. The van der Waals surface area contributed by atoms with E-state index in [0.29, 0.717) is 0 Å². The van der Waals surface area contributed by atoms with E-state index in [2.05, 4.69) is 66.7 Å². The molecule has 1 aromatic carbocycles. The molecule has 0 heterocycles. The Hall–Kier alpha value is 0.0838. The molecule has 0 aliphatic rings. The Bertz CT molecular complexity index is 340. The molecule has 90 valence electrons. The van der Waals surface area contributed by atoms with Crippen molar-refractivity contribution in [1.29, 1.82) is 0 Å². The van der Waals surface area contributed by atoms with Gasteiger partial charge in [-0.3, -0.25) is 0 Å². The summed E-state index contributed by atoms with van der Waals surface area (Å²) in [4.78, 5) is 0. The van der Waals surface area contributed by atoms with Gasteiger partial charge < -0.3 is 0 Å². The number of rotatable bonds is 3. The molecule has 0 aliphatic carbocycles. The smallest absolute Gasteiger partial charge is 0.0779 e. The highest BCUT2D eigenvalue weighted by molar-refractivity contribution is 7.15. The molecule has 0 aliphatic heterocycles. The van der Waals surface area contributed by atoms with Crippen LogP contribution in [0, 0.1) is 0 Å². The van der Waals surface area contributed by atoms with Gasteiger partial charge in [0.15, 0.2) is 0 Å². The van der Waals surface area contributed by atoms with Crippen LogP contribution in [0.2, 0.25) is 39.3 Å². The van der Waals surface area contributed by atoms with E-state index in [1.54, 1.807) is 15.9 Å². The molecule has 1 atom stereocenters. The quantitative estimate of drug-likeness (QED) is 0.583. The average molecular weight is 268 g/mol. The molecule has 0 saturated carbocycles. The fourth-order valence-corrected chi connectivity index (χ4v) is 6.66. The Morgan fingerprint density at radius 3 is 1.50 bits per heavy atom. The first kappa shape index (κ1) is 14.1. The third-order valence-electron chi connectivity index (χ3n) is 3.00. The minimum Gasteiger partial charge on any atom is -0.133 e. The summed E-state index contributed by atoms with van der Waals surface area (Å²) in [6.07, 6.45) is 1.11. The van der Waals surface area contributed by atoms with Crippen LogP contribution in [-0.4, -0.2) is 16.1 Å². The van der Waals surface area contributed by atoms with E-state index >= 15 is 0 Å². The lowest BCUT2D eigenvalue weighted by atomic mass is 10.2. The molecule has 0 bridgehead atoms. The predicted octanol–water partition coefficient (Wildman–Crippen LogP) is 3.15. The molecule has 0 N–H and O–H groups in total. The third kappa shape index (κ3) is 3.06. The Balaban J connectivity index is 3.45. The predicted molar refractivity (Wildman–Crippen MR) is 85.8 cm³/mol. The van der Waals surface area contributed by atoms with Crippen molar-refractivity contribution >= 4 is 35.8 Å². The third-order valence-corrected chi connectivity index (χ3v) is 7.57. The molecule has 1 rings (SSSR count). The lowest BCUT2D eigenvalue weighted by Crippen LogP contribution is -2.48. The van der Waals surface area contributed by atoms with Crippen LogP contribution in [0.3, 0.4) is 0 Å². The van der Waals surface area contributed by atoms with E-state index in [1.807, 2.05) is 0 Å². The van der Waals surface area contributed by atoms with Crippen LogP contribution in [-0.2, 0) is 6.16 Å². The maximum absolute atomic E-state index is 2.92. The fourth-order valence-electron chi connectivity index (χ4n) is 2.21. The molecule has 0 saturated heterocycles. The van der Waals surface area contributed by atoms with Gasteiger partial charge in [-0.05, 0) is 11.7 Å². The van der Waals surface area contributed by atoms with E-state index in [0.717, 1.165) is 6.16 Å². The monoisotopic (exact) mass is 268 g/mol. The van der Waals surface area contributed by atoms with Crippen molar-refractivity contribution in [2.24, 2.45) is 0 Å². The minimum atomic E-state index is -1.20. The van der Waals surface area contributed by atoms with Gasteiger partial charge in [-0.1, -0.05) is 67.9 Å². The first-order chi connectivity index (χ1) is 7.18. The molecular formula is C13H25PSi2. The lowest BCUT2D eigenvalue weighted by Gasteiger charge is -2.27. The minimum absolute atomic E-state index is 1.11. The second kappa shape index (κ2) is 4.76. The summed E-state index contributed by atoms with van der Waals surface area (Å²) in [5.74, 6) is 0. The molecule has 16 heavy (non-hydrogen) atoms. The highest BCUT2D eigenvalue weighted by Crippen LogP contribution is 2.13. The summed E-state index contributed by atoms with van der Waals surface area (Å²) in [7, 11) is 0.521. The van der Waals surface area contributed by atoms with Gasteiger partial charge in [0.05, 0.1) is 16.1 Å². The van der Waals surface area contributed by atoms with Crippen molar-refractivity contribution < 1.29 is 0 Å². The van der Waals surface area contributed by atoms with Gasteiger partial charge in [0, 0.05) is 0 Å². The zero-order valence-electron chi connectivity index (χ0n) is 11.5. The lowest BCUT2D eigenvalue weighted by molar-refractivity contribution is 1.45. The number of benzene rings is 1. The maximum Gasteiger partial charge on any atom is 0.0779 e. The normalized spacial score (nSPS) is 12.9. The number of hydrogen-bond acceptors (Lipinski definition) is 0. The van der Waals surface area contributed by atoms with Gasteiger partial charge in [-0.25, -0.2) is 0 Å². The van der Waals surface area contributed by atoms with Gasteiger partial charge in [0.25, 0.3) is 0 Å². The molecule has 1 unspecified atom stereocenters. The molecule has 1 aromatic rings. The highest BCUT2D eigenvalue weighted by Gasteiger charge is 2.25. The first-order valence-corrected chi connectivity index (χ1v) is 13.8. The molecular weight excluding hydrogens is 243 g/mol. The Morgan fingerprint density at radius 1 is 0.875 bits per heavy atom. The highest BCUT2D eigenvalue weighted by atomic mass is 31.0. The molecule has 0 amide bonds. The summed E-state index contributed by atoms with van der Waals surface area (Å²) < 4.78 is 0. The van der Waals surface area contributed by atoms with Crippen LogP contribution in [0.25, 0.3) is 0 Å². The van der Waals surface area contributed by atoms with Gasteiger partial charge in [-0.2, -0.15) is 0 Å². The van der Waals surface area contributed by atoms with Crippen molar-refractivity contribution in [3.63, 3.8) is 0 Å². The fraction of sp³-hybridized carbons (Fsp3) is 0.538. The van der Waals surface area contributed by atoms with E-state index in [9.17, 15) is 0 Å². The van der Waals surface area contributed by atoms with Crippen LogP contribution >= 0.6 is 9.24 Å². The summed E-state index contributed by atoms with van der Waals surface area (Å²) in [6, 6.07) is 6.98. The second-order valence-corrected chi connectivity index (χ2v) is 17.0. The Labute approximate surface area is 105 Å². The van der Waals surface area contributed by atoms with Crippen LogP contribution in [0.15, 0.2) is 18.2 Å². The molecule has 0 nitrogen and oxygen atoms in total. The van der Waals surface area contributed by atoms with E-state index in [-0.39, 0.29) is 0 Å². The van der Waals surface area contributed by atoms with Crippen LogP contribution in [0.5, 0.6) is 0 Å². The Kier molecular flexibility index (Phi) is 4.20. The summed E-state index contributed by atoms with van der Waals surface area (Å²) in [5, 5.41) is 3.31. The van der Waals surface area contributed by atoms with Crippen molar-refractivity contribution in [1.82, 2.24) is 0 Å². The van der Waals surface area contributed by atoms with E-state index < -0.39 is 16.1 Å². The first-order valence-electron chi connectivity index (χ1n) is 6.01. The van der Waals surface area contributed by atoms with E-state index in [4.69, 9.17) is 0 Å². The standard InChI is InChI=1S/C13H25PSi2/c1-15(2,3)12-8-7-9-13(11(12)10-14)16(4,5)6/h7-9H,10,14H2,1-6H3. The van der Waals surface area contributed by atoms with Crippen LogP contribution in [0.4, 0.5) is 0 Å². The average Bonchev–Trinajstić information content (AvgIpc) is 2.13. The van der Waals surface area contributed by atoms with Crippen molar-refractivity contribution in [3.05, 3.63) is 23.8 Å². The summed E-state index contributed by atoms with van der Waals surface area (Å²) in [5.41, 5.74) is 1.63. The Morgan fingerprint density at radius 2 is 1.25 bits per heavy atom.